The van der Waals surface area contributed by atoms with Crippen LogP contribution in [0.3, 0.4) is 0 Å². The average Bonchev–Trinajstić information content (AvgIpc) is 2.24. The van der Waals surface area contributed by atoms with E-state index in [1.807, 2.05) is 6.92 Å². The Morgan fingerprint density at radius 1 is 1.31 bits per heavy atom. The normalized spacial score (nSPS) is 16.6. The summed E-state index contributed by atoms with van der Waals surface area (Å²) in [6.45, 7) is 6.27. The summed E-state index contributed by atoms with van der Waals surface area (Å²) in [5.41, 5.74) is 0. The van der Waals surface area contributed by atoms with Crippen molar-refractivity contribution in [2.45, 2.75) is 52.1 Å². The lowest BCUT2D eigenvalue weighted by atomic mass is 10.0. The first-order valence-corrected chi connectivity index (χ1v) is 5.96. The Hall–Kier alpha value is -0.610. The summed E-state index contributed by atoms with van der Waals surface area (Å²) in [7, 11) is 1.42. The molecule has 0 bridgehead atoms. The van der Waals surface area contributed by atoms with Crippen molar-refractivity contribution >= 4 is 5.97 Å². The molecular formula is C12H25NO3. The number of nitrogens with one attached hydrogen (secondary N) is 1. The van der Waals surface area contributed by atoms with Crippen molar-refractivity contribution in [1.29, 1.82) is 0 Å². The maximum atomic E-state index is 11.2. The van der Waals surface area contributed by atoms with Crippen LogP contribution in [0.5, 0.6) is 0 Å². The van der Waals surface area contributed by atoms with Gasteiger partial charge in [-0.1, -0.05) is 6.92 Å². The van der Waals surface area contributed by atoms with E-state index in [-0.39, 0.29) is 24.5 Å². The van der Waals surface area contributed by atoms with Gasteiger partial charge in [-0.15, -0.1) is 0 Å². The van der Waals surface area contributed by atoms with Crippen LogP contribution >= 0.6 is 0 Å². The average molecular weight is 231 g/mol. The van der Waals surface area contributed by atoms with Crippen LogP contribution in [0.1, 0.15) is 40.0 Å². The Labute approximate surface area is 98.4 Å². The standard InChI is InChI=1S/C12H25NO3/c1-9(12(15)16-4)8-11(3)13-10(2)6-5-7-14/h9-11,13-14H,5-8H2,1-4H3. The minimum Gasteiger partial charge on any atom is -0.469 e. The van der Waals surface area contributed by atoms with Gasteiger partial charge in [-0.3, -0.25) is 4.79 Å². The Morgan fingerprint density at radius 3 is 2.44 bits per heavy atom. The number of hydrogen-bond donors (Lipinski definition) is 2. The quantitative estimate of drug-likeness (QED) is 0.619. The van der Waals surface area contributed by atoms with Crippen LogP contribution in [0, 0.1) is 5.92 Å². The van der Waals surface area contributed by atoms with Crippen molar-refractivity contribution in [3.05, 3.63) is 0 Å². The summed E-state index contributed by atoms with van der Waals surface area (Å²) in [6.07, 6.45) is 2.54. The molecule has 0 saturated carbocycles. The Kier molecular flexibility index (Phi) is 8.21. The molecule has 0 spiro atoms. The van der Waals surface area contributed by atoms with E-state index in [0.717, 1.165) is 19.3 Å². The molecule has 0 fully saturated rings. The summed E-state index contributed by atoms with van der Waals surface area (Å²) in [5.74, 6) is -0.228. The van der Waals surface area contributed by atoms with Crippen molar-refractivity contribution in [2.24, 2.45) is 5.92 Å². The molecule has 96 valence electrons. The number of esters is 1. The molecule has 16 heavy (non-hydrogen) atoms. The highest BCUT2D eigenvalue weighted by atomic mass is 16.5. The van der Waals surface area contributed by atoms with E-state index in [2.05, 4.69) is 23.9 Å². The fraction of sp³-hybridized carbons (Fsp3) is 0.917. The molecule has 0 rings (SSSR count). The largest absolute Gasteiger partial charge is 0.469 e. The highest BCUT2D eigenvalue weighted by molar-refractivity contribution is 5.71. The molecule has 4 heteroatoms. The second-order valence-corrected chi connectivity index (χ2v) is 4.49. The number of ether oxygens (including phenoxy) is 1. The van der Waals surface area contributed by atoms with E-state index in [9.17, 15) is 4.79 Å². The molecule has 2 N–H and O–H groups in total. The molecule has 0 aromatic carbocycles. The zero-order chi connectivity index (χ0) is 12.6. The predicted molar refractivity (Wildman–Crippen MR) is 64.2 cm³/mol. The van der Waals surface area contributed by atoms with Crippen LogP contribution in [-0.2, 0) is 9.53 Å². The van der Waals surface area contributed by atoms with E-state index < -0.39 is 0 Å². The van der Waals surface area contributed by atoms with Gasteiger partial charge >= 0.3 is 5.97 Å². The highest BCUT2D eigenvalue weighted by Crippen LogP contribution is 2.09. The molecule has 0 saturated heterocycles. The van der Waals surface area contributed by atoms with E-state index >= 15 is 0 Å². The monoisotopic (exact) mass is 231 g/mol. The molecule has 0 heterocycles. The zero-order valence-corrected chi connectivity index (χ0v) is 10.8. The molecule has 0 aromatic rings. The number of carbonyl (C=O) groups is 1. The van der Waals surface area contributed by atoms with Gasteiger partial charge in [0.1, 0.15) is 0 Å². The van der Waals surface area contributed by atoms with Gasteiger partial charge in [0.15, 0.2) is 0 Å². The summed E-state index contributed by atoms with van der Waals surface area (Å²) >= 11 is 0. The van der Waals surface area contributed by atoms with Crippen molar-refractivity contribution < 1.29 is 14.6 Å². The summed E-state index contributed by atoms with van der Waals surface area (Å²) in [4.78, 5) is 11.2. The van der Waals surface area contributed by atoms with E-state index in [4.69, 9.17) is 5.11 Å². The van der Waals surface area contributed by atoms with Crippen LogP contribution in [0.2, 0.25) is 0 Å². The molecule has 3 unspecified atom stereocenters. The third kappa shape index (κ3) is 6.80. The van der Waals surface area contributed by atoms with Crippen molar-refractivity contribution in [3.8, 4) is 0 Å². The lowest BCUT2D eigenvalue weighted by Crippen LogP contribution is -2.36. The Balaban J connectivity index is 3.79. The first-order valence-electron chi connectivity index (χ1n) is 5.96. The summed E-state index contributed by atoms with van der Waals surface area (Å²) in [6, 6.07) is 0.648. The van der Waals surface area contributed by atoms with Gasteiger partial charge in [0, 0.05) is 18.7 Å². The second-order valence-electron chi connectivity index (χ2n) is 4.49. The number of hydrogen-bond acceptors (Lipinski definition) is 4. The predicted octanol–water partition coefficient (Wildman–Crippen LogP) is 1.32. The highest BCUT2D eigenvalue weighted by Gasteiger charge is 2.17. The third-order valence-electron chi connectivity index (χ3n) is 2.67. The number of rotatable bonds is 8. The molecule has 0 aliphatic heterocycles. The first kappa shape index (κ1) is 15.4. The number of aliphatic hydroxyl groups is 1. The van der Waals surface area contributed by atoms with E-state index in [0.29, 0.717) is 6.04 Å². The zero-order valence-electron chi connectivity index (χ0n) is 10.8. The Morgan fingerprint density at radius 2 is 1.94 bits per heavy atom. The molecule has 3 atom stereocenters. The molecule has 0 radical (unpaired) electrons. The fourth-order valence-electron chi connectivity index (χ4n) is 1.86. The Bertz CT molecular complexity index is 197. The SMILES string of the molecule is COC(=O)C(C)CC(C)NC(C)CCCO. The van der Waals surface area contributed by atoms with Gasteiger partial charge in [-0.2, -0.15) is 0 Å². The minimum absolute atomic E-state index is 0.0717. The van der Waals surface area contributed by atoms with Gasteiger partial charge in [0.25, 0.3) is 0 Å². The van der Waals surface area contributed by atoms with Gasteiger partial charge < -0.3 is 15.2 Å². The van der Waals surface area contributed by atoms with E-state index in [1.165, 1.54) is 7.11 Å². The van der Waals surface area contributed by atoms with Crippen molar-refractivity contribution in [2.75, 3.05) is 13.7 Å². The third-order valence-corrected chi connectivity index (χ3v) is 2.67. The first-order chi connectivity index (χ1) is 7.51. The maximum absolute atomic E-state index is 11.2. The number of methoxy groups -OCH3 is 1. The summed E-state index contributed by atoms with van der Waals surface area (Å²) < 4.78 is 4.68. The number of aliphatic hydroxyl groups excluding tert-OH is 1. The van der Waals surface area contributed by atoms with Crippen LogP contribution in [-0.4, -0.2) is 36.9 Å². The second kappa shape index (κ2) is 8.53. The number of carbonyl (C=O) groups excluding carboxylic acids is 1. The van der Waals surface area contributed by atoms with Crippen LogP contribution in [0.25, 0.3) is 0 Å². The van der Waals surface area contributed by atoms with Crippen LogP contribution < -0.4 is 5.32 Å². The fourth-order valence-corrected chi connectivity index (χ4v) is 1.86. The van der Waals surface area contributed by atoms with Crippen molar-refractivity contribution in [1.82, 2.24) is 5.32 Å². The van der Waals surface area contributed by atoms with Gasteiger partial charge in [-0.05, 0) is 33.1 Å². The lowest BCUT2D eigenvalue weighted by Gasteiger charge is -2.21. The van der Waals surface area contributed by atoms with E-state index in [1.54, 1.807) is 0 Å². The smallest absolute Gasteiger partial charge is 0.308 e. The van der Waals surface area contributed by atoms with Crippen LogP contribution in [0.4, 0.5) is 0 Å². The molecule has 0 aliphatic rings. The lowest BCUT2D eigenvalue weighted by molar-refractivity contribution is -0.145. The van der Waals surface area contributed by atoms with Gasteiger partial charge in [-0.25, -0.2) is 0 Å². The summed E-state index contributed by atoms with van der Waals surface area (Å²) in [5, 5.41) is 12.1. The topological polar surface area (TPSA) is 58.6 Å². The molecule has 0 amide bonds. The molecule has 0 aromatic heterocycles. The van der Waals surface area contributed by atoms with Crippen LogP contribution in [0.15, 0.2) is 0 Å². The minimum atomic E-state index is -0.156. The molecule has 0 aliphatic carbocycles. The maximum Gasteiger partial charge on any atom is 0.308 e. The molecular weight excluding hydrogens is 206 g/mol. The van der Waals surface area contributed by atoms with Gasteiger partial charge in [0.2, 0.25) is 0 Å². The van der Waals surface area contributed by atoms with Crippen molar-refractivity contribution in [3.63, 3.8) is 0 Å². The van der Waals surface area contributed by atoms with Gasteiger partial charge in [0.05, 0.1) is 13.0 Å². The molecule has 4 nitrogen and oxygen atoms in total.